The summed E-state index contributed by atoms with van der Waals surface area (Å²) >= 11 is 1.60. The van der Waals surface area contributed by atoms with Gasteiger partial charge in [0.1, 0.15) is 5.69 Å². The Balaban J connectivity index is 1.81. The maximum Gasteiger partial charge on any atom is 0.352 e. The Morgan fingerprint density at radius 3 is 2.90 bits per heavy atom. The average molecular weight is 289 g/mol. The highest BCUT2D eigenvalue weighted by atomic mass is 32.2. The smallest absolute Gasteiger partial charge is 0.352 e. The molecule has 1 N–H and O–H groups in total. The quantitative estimate of drug-likeness (QED) is 0.880. The van der Waals surface area contributed by atoms with Crippen molar-refractivity contribution in [1.29, 1.82) is 0 Å². The first kappa shape index (κ1) is 13.2. The van der Waals surface area contributed by atoms with Crippen LogP contribution >= 0.6 is 11.9 Å². The summed E-state index contributed by atoms with van der Waals surface area (Å²) in [5.41, 5.74) is 3.63. The highest BCUT2D eigenvalue weighted by molar-refractivity contribution is 7.97. The molecule has 104 valence electrons. The number of carboxylic acids is 1. The van der Waals surface area contributed by atoms with Gasteiger partial charge < -0.3 is 9.67 Å². The Bertz CT molecular complexity index is 656. The van der Waals surface area contributed by atoms with E-state index in [1.54, 1.807) is 29.6 Å². The SMILES string of the molecule is Cc1c(SN2Cc3cccnc3C2)cc(C(=O)O)n1C. The number of pyridine rings is 1. The lowest BCUT2D eigenvalue weighted by atomic mass is 10.2. The summed E-state index contributed by atoms with van der Waals surface area (Å²) in [6.45, 7) is 3.57. The van der Waals surface area contributed by atoms with Gasteiger partial charge in [-0.1, -0.05) is 6.07 Å². The molecule has 0 aromatic carbocycles. The zero-order chi connectivity index (χ0) is 14.3. The third kappa shape index (κ3) is 2.21. The molecule has 0 amide bonds. The molecule has 0 radical (unpaired) electrons. The molecule has 0 bridgehead atoms. The van der Waals surface area contributed by atoms with Gasteiger partial charge in [0.2, 0.25) is 0 Å². The Kier molecular flexibility index (Phi) is 3.27. The molecule has 20 heavy (non-hydrogen) atoms. The van der Waals surface area contributed by atoms with Gasteiger partial charge in [0.25, 0.3) is 0 Å². The van der Waals surface area contributed by atoms with Gasteiger partial charge in [-0.05, 0) is 36.6 Å². The maximum atomic E-state index is 11.1. The molecular formula is C14H15N3O2S. The first-order valence-corrected chi connectivity index (χ1v) is 7.09. The van der Waals surface area contributed by atoms with Crippen molar-refractivity contribution in [3.05, 3.63) is 47.0 Å². The summed E-state index contributed by atoms with van der Waals surface area (Å²) in [6.07, 6.45) is 1.81. The van der Waals surface area contributed by atoms with E-state index in [4.69, 9.17) is 5.11 Å². The van der Waals surface area contributed by atoms with Crippen molar-refractivity contribution in [3.8, 4) is 0 Å². The largest absolute Gasteiger partial charge is 0.477 e. The predicted molar refractivity (Wildman–Crippen MR) is 76.5 cm³/mol. The van der Waals surface area contributed by atoms with Crippen molar-refractivity contribution in [2.45, 2.75) is 24.9 Å². The van der Waals surface area contributed by atoms with Gasteiger partial charge in [-0.3, -0.25) is 4.98 Å². The summed E-state index contributed by atoms with van der Waals surface area (Å²) in [5.74, 6) is -0.895. The molecule has 6 heteroatoms. The van der Waals surface area contributed by atoms with E-state index in [0.29, 0.717) is 5.69 Å². The number of nitrogens with zero attached hydrogens (tertiary/aromatic N) is 3. The molecular weight excluding hydrogens is 274 g/mol. The monoisotopic (exact) mass is 289 g/mol. The number of hydrogen-bond acceptors (Lipinski definition) is 4. The number of hydrogen-bond donors (Lipinski definition) is 1. The van der Waals surface area contributed by atoms with Gasteiger partial charge in [-0.15, -0.1) is 0 Å². The van der Waals surface area contributed by atoms with Gasteiger partial charge in [0, 0.05) is 30.4 Å². The highest BCUT2D eigenvalue weighted by Gasteiger charge is 2.23. The van der Waals surface area contributed by atoms with E-state index >= 15 is 0 Å². The number of aromatic carboxylic acids is 1. The lowest BCUT2D eigenvalue weighted by Crippen LogP contribution is -2.06. The minimum absolute atomic E-state index is 0.319. The third-order valence-corrected chi connectivity index (χ3v) is 4.72. The fourth-order valence-corrected chi connectivity index (χ4v) is 3.45. The van der Waals surface area contributed by atoms with Crippen LogP contribution in [-0.4, -0.2) is 24.9 Å². The number of carbonyl (C=O) groups is 1. The Hall–Kier alpha value is -1.79. The molecule has 0 unspecified atom stereocenters. The lowest BCUT2D eigenvalue weighted by molar-refractivity contribution is 0.0686. The highest BCUT2D eigenvalue weighted by Crippen LogP contribution is 2.34. The molecule has 3 heterocycles. The van der Waals surface area contributed by atoms with Gasteiger partial charge in [-0.25, -0.2) is 9.10 Å². The Labute approximate surface area is 121 Å². The molecule has 1 aliphatic rings. The zero-order valence-electron chi connectivity index (χ0n) is 11.3. The minimum Gasteiger partial charge on any atom is -0.477 e. The molecule has 0 fully saturated rings. The average Bonchev–Trinajstić information content (AvgIpc) is 2.94. The van der Waals surface area contributed by atoms with E-state index < -0.39 is 5.97 Å². The fraction of sp³-hybridized carbons (Fsp3) is 0.286. The van der Waals surface area contributed by atoms with Crippen LogP contribution in [0.5, 0.6) is 0 Å². The van der Waals surface area contributed by atoms with Gasteiger partial charge in [0.15, 0.2) is 0 Å². The van der Waals surface area contributed by atoms with Crippen LogP contribution in [0, 0.1) is 6.92 Å². The second-order valence-electron chi connectivity index (χ2n) is 4.84. The van der Waals surface area contributed by atoms with E-state index in [9.17, 15) is 4.79 Å². The van der Waals surface area contributed by atoms with Gasteiger partial charge in [-0.2, -0.15) is 0 Å². The third-order valence-electron chi connectivity index (χ3n) is 3.59. The molecule has 1 aliphatic heterocycles. The molecule has 3 rings (SSSR count). The number of fused-ring (bicyclic) bond motifs is 1. The van der Waals surface area contributed by atoms with E-state index in [2.05, 4.69) is 15.4 Å². The summed E-state index contributed by atoms with van der Waals surface area (Å²) in [7, 11) is 1.78. The second kappa shape index (κ2) is 4.96. The molecule has 0 saturated heterocycles. The van der Waals surface area contributed by atoms with E-state index in [-0.39, 0.29) is 0 Å². The molecule has 5 nitrogen and oxygen atoms in total. The molecule has 2 aromatic heterocycles. The summed E-state index contributed by atoms with van der Waals surface area (Å²) in [4.78, 5) is 16.5. The number of aromatic nitrogens is 2. The molecule has 0 atom stereocenters. The first-order chi connectivity index (χ1) is 9.56. The molecule has 2 aromatic rings. The van der Waals surface area contributed by atoms with Crippen molar-refractivity contribution >= 4 is 17.9 Å². The topological polar surface area (TPSA) is 58.4 Å². The van der Waals surface area contributed by atoms with Crippen LogP contribution in [-0.2, 0) is 20.1 Å². The van der Waals surface area contributed by atoms with Crippen LogP contribution < -0.4 is 0 Å². The van der Waals surface area contributed by atoms with Crippen molar-refractivity contribution < 1.29 is 9.90 Å². The summed E-state index contributed by atoms with van der Waals surface area (Å²) < 4.78 is 3.91. The summed E-state index contributed by atoms with van der Waals surface area (Å²) in [5, 5.41) is 9.15. The van der Waals surface area contributed by atoms with E-state index in [1.807, 2.05) is 19.2 Å². The standard InChI is InChI=1S/C14H15N3O2S/c1-9-13(6-12(14(18)19)16(9)2)20-17-7-10-4-3-5-15-11(10)8-17/h3-6H,7-8H2,1-2H3,(H,18,19). The predicted octanol–water partition coefficient (Wildman–Crippen LogP) is 2.45. The normalized spacial score (nSPS) is 14.5. The van der Waals surface area contributed by atoms with Crippen molar-refractivity contribution in [2.24, 2.45) is 7.05 Å². The van der Waals surface area contributed by atoms with Gasteiger partial charge in [0.05, 0.1) is 12.2 Å². The van der Waals surface area contributed by atoms with Crippen LogP contribution in [0.1, 0.15) is 27.4 Å². The zero-order valence-corrected chi connectivity index (χ0v) is 12.1. The first-order valence-electron chi connectivity index (χ1n) is 6.31. The van der Waals surface area contributed by atoms with Crippen molar-refractivity contribution in [1.82, 2.24) is 13.9 Å². The number of rotatable bonds is 3. The molecule has 0 aliphatic carbocycles. The van der Waals surface area contributed by atoms with Crippen LogP contribution in [0.2, 0.25) is 0 Å². The Morgan fingerprint density at radius 2 is 2.25 bits per heavy atom. The van der Waals surface area contributed by atoms with Crippen LogP contribution in [0.4, 0.5) is 0 Å². The summed E-state index contributed by atoms with van der Waals surface area (Å²) in [6, 6.07) is 5.77. The molecule has 0 saturated carbocycles. The fourth-order valence-electron chi connectivity index (χ4n) is 2.34. The van der Waals surface area contributed by atoms with Crippen molar-refractivity contribution in [3.63, 3.8) is 0 Å². The second-order valence-corrected chi connectivity index (χ2v) is 5.98. The van der Waals surface area contributed by atoms with Crippen LogP contribution in [0.25, 0.3) is 0 Å². The maximum absolute atomic E-state index is 11.1. The van der Waals surface area contributed by atoms with Crippen molar-refractivity contribution in [2.75, 3.05) is 0 Å². The van der Waals surface area contributed by atoms with Crippen LogP contribution in [0.15, 0.2) is 29.3 Å². The van der Waals surface area contributed by atoms with Gasteiger partial charge >= 0.3 is 5.97 Å². The van der Waals surface area contributed by atoms with E-state index in [0.717, 1.165) is 29.4 Å². The Morgan fingerprint density at radius 1 is 1.45 bits per heavy atom. The number of carboxylic acid groups (broad SMARTS) is 1. The lowest BCUT2D eigenvalue weighted by Gasteiger charge is -2.12. The minimum atomic E-state index is -0.895. The van der Waals surface area contributed by atoms with E-state index in [1.165, 1.54) is 5.56 Å². The molecule has 0 spiro atoms. The van der Waals surface area contributed by atoms with Crippen LogP contribution in [0.3, 0.4) is 0 Å².